The molecule has 2 aromatic heterocycles. The van der Waals surface area contributed by atoms with Gasteiger partial charge in [-0.05, 0) is 42.3 Å². The third kappa shape index (κ3) is 3.97. The van der Waals surface area contributed by atoms with Crippen molar-refractivity contribution in [3.8, 4) is 11.1 Å². The van der Waals surface area contributed by atoms with E-state index in [4.69, 9.17) is 5.11 Å². The van der Waals surface area contributed by atoms with Crippen LogP contribution in [0.5, 0.6) is 0 Å². The molecule has 0 saturated heterocycles. The van der Waals surface area contributed by atoms with Crippen LogP contribution in [0.4, 0.5) is 13.2 Å². The molecular weight excluding hydrogens is 383 g/mol. The van der Waals surface area contributed by atoms with E-state index in [1.807, 2.05) is 0 Å². The highest BCUT2D eigenvalue weighted by atomic mass is 32.2. The van der Waals surface area contributed by atoms with Crippen LogP contribution in [-0.4, -0.2) is 36.1 Å². The van der Waals surface area contributed by atoms with Crippen molar-refractivity contribution in [2.45, 2.75) is 24.0 Å². The van der Waals surface area contributed by atoms with Crippen molar-refractivity contribution in [2.24, 2.45) is 0 Å². The predicted octanol–water partition coefficient (Wildman–Crippen LogP) is 2.91. The molecule has 10 heteroatoms. The third-order valence-electron chi connectivity index (χ3n) is 3.94. The second-order valence-corrected chi connectivity index (χ2v) is 7.74. The fraction of sp³-hybridized carbons (Fsp3) is 0.235. The van der Waals surface area contributed by atoms with E-state index < -0.39 is 27.9 Å². The second-order valence-electron chi connectivity index (χ2n) is 6.03. The quantitative estimate of drug-likeness (QED) is 0.615. The van der Waals surface area contributed by atoms with Crippen molar-refractivity contribution in [2.75, 3.05) is 6.61 Å². The van der Waals surface area contributed by atoms with Crippen LogP contribution >= 0.6 is 0 Å². The lowest BCUT2D eigenvalue weighted by atomic mass is 10.0. The molecule has 3 aromatic rings. The van der Waals surface area contributed by atoms with E-state index in [2.05, 4.69) is 14.7 Å². The van der Waals surface area contributed by atoms with Crippen molar-refractivity contribution in [1.82, 2.24) is 14.7 Å². The average Bonchev–Trinajstić information content (AvgIpc) is 3.06. The number of aromatic amines is 1. The molecular formula is C17H16F3N3O3S. The lowest BCUT2D eigenvalue weighted by molar-refractivity contribution is -0.140. The number of hydrogen-bond donors (Lipinski definition) is 3. The first kappa shape index (κ1) is 19.3. The maximum atomic E-state index is 12.9. The Morgan fingerprint density at radius 1 is 1.22 bits per heavy atom. The van der Waals surface area contributed by atoms with E-state index in [0.717, 1.165) is 6.07 Å². The lowest BCUT2D eigenvalue weighted by Crippen LogP contribution is -2.34. The van der Waals surface area contributed by atoms with Crippen molar-refractivity contribution >= 4 is 21.1 Å². The van der Waals surface area contributed by atoms with Crippen LogP contribution in [0.25, 0.3) is 22.2 Å². The minimum absolute atomic E-state index is 0.0121. The zero-order chi connectivity index (χ0) is 19.8. The third-order valence-corrected chi connectivity index (χ3v) is 5.55. The number of nitrogens with one attached hydrogen (secondary N) is 2. The monoisotopic (exact) mass is 399 g/mol. The first-order valence-corrected chi connectivity index (χ1v) is 9.38. The summed E-state index contributed by atoms with van der Waals surface area (Å²) >= 11 is 0. The molecule has 0 amide bonds. The molecule has 0 unspecified atom stereocenters. The summed E-state index contributed by atoms with van der Waals surface area (Å²) in [6.07, 6.45) is -3.14. The topological polar surface area (TPSA) is 95.1 Å². The molecule has 0 aliphatic rings. The first-order chi connectivity index (χ1) is 12.6. The van der Waals surface area contributed by atoms with E-state index in [1.54, 1.807) is 6.07 Å². The molecule has 1 atom stereocenters. The van der Waals surface area contributed by atoms with Crippen molar-refractivity contribution < 1.29 is 26.7 Å². The number of pyridine rings is 1. The number of sulfonamides is 1. The van der Waals surface area contributed by atoms with Crippen LogP contribution < -0.4 is 4.72 Å². The highest BCUT2D eigenvalue weighted by Crippen LogP contribution is 2.34. The van der Waals surface area contributed by atoms with Crippen LogP contribution in [0.2, 0.25) is 0 Å². The van der Waals surface area contributed by atoms with Crippen LogP contribution in [0.15, 0.2) is 47.5 Å². The number of rotatable bonds is 5. The molecule has 0 aliphatic carbocycles. The minimum Gasteiger partial charge on any atom is -0.395 e. The number of aliphatic hydroxyl groups excluding tert-OH is 1. The van der Waals surface area contributed by atoms with Gasteiger partial charge in [-0.3, -0.25) is 0 Å². The summed E-state index contributed by atoms with van der Waals surface area (Å²) < 4.78 is 65.5. The van der Waals surface area contributed by atoms with Gasteiger partial charge in [-0.1, -0.05) is 12.1 Å². The maximum absolute atomic E-state index is 12.9. The number of hydrogen-bond acceptors (Lipinski definition) is 4. The molecule has 6 nitrogen and oxygen atoms in total. The standard InChI is InChI=1S/C17H16F3N3O3S/c1-10(9-24)23-27(25,26)12-4-2-11(3-5-12)13-6-7-21-16-14(13)8-15(22-16)17(18,19)20/h2-8,10,23-24H,9H2,1H3,(H,21,22)/t10-/m1/s1. The molecule has 144 valence electrons. The zero-order valence-electron chi connectivity index (χ0n) is 14.1. The molecule has 0 fully saturated rings. The Labute approximate surface area is 153 Å². The number of H-pyrrole nitrogens is 1. The fourth-order valence-electron chi connectivity index (χ4n) is 2.62. The number of fused-ring (bicyclic) bond motifs is 1. The van der Waals surface area contributed by atoms with E-state index in [1.165, 1.54) is 37.4 Å². The van der Waals surface area contributed by atoms with E-state index in [0.29, 0.717) is 11.1 Å². The van der Waals surface area contributed by atoms with Gasteiger partial charge in [0, 0.05) is 17.6 Å². The summed E-state index contributed by atoms with van der Waals surface area (Å²) in [6.45, 7) is 1.17. The Balaban J connectivity index is 2.00. The number of nitrogens with zero attached hydrogens (tertiary/aromatic N) is 1. The highest BCUT2D eigenvalue weighted by molar-refractivity contribution is 7.89. The molecule has 0 spiro atoms. The number of aliphatic hydroxyl groups is 1. The van der Waals surface area contributed by atoms with Crippen LogP contribution in [0.3, 0.4) is 0 Å². The Bertz CT molecular complexity index is 1060. The van der Waals surface area contributed by atoms with Crippen LogP contribution in [0.1, 0.15) is 12.6 Å². The van der Waals surface area contributed by atoms with Gasteiger partial charge >= 0.3 is 6.18 Å². The van der Waals surface area contributed by atoms with Crippen molar-refractivity contribution in [3.63, 3.8) is 0 Å². The van der Waals surface area contributed by atoms with Crippen molar-refractivity contribution in [3.05, 3.63) is 48.3 Å². The van der Waals surface area contributed by atoms with Crippen LogP contribution in [-0.2, 0) is 16.2 Å². The molecule has 0 saturated carbocycles. The lowest BCUT2D eigenvalue weighted by Gasteiger charge is -2.12. The molecule has 2 heterocycles. The normalized spacial score (nSPS) is 13.8. The van der Waals surface area contributed by atoms with Gasteiger partial charge in [0.2, 0.25) is 10.0 Å². The van der Waals surface area contributed by atoms with E-state index in [-0.39, 0.29) is 22.5 Å². The zero-order valence-corrected chi connectivity index (χ0v) is 14.9. The molecule has 0 bridgehead atoms. The van der Waals surface area contributed by atoms with Gasteiger partial charge in [-0.15, -0.1) is 0 Å². The molecule has 27 heavy (non-hydrogen) atoms. The number of halogens is 3. The van der Waals surface area contributed by atoms with Gasteiger partial charge in [0.25, 0.3) is 0 Å². The largest absolute Gasteiger partial charge is 0.431 e. The number of alkyl halides is 3. The Morgan fingerprint density at radius 3 is 2.48 bits per heavy atom. The van der Waals surface area contributed by atoms with Gasteiger partial charge in [0.05, 0.1) is 11.5 Å². The summed E-state index contributed by atoms with van der Waals surface area (Å²) in [7, 11) is -3.81. The summed E-state index contributed by atoms with van der Waals surface area (Å²) in [4.78, 5) is 6.15. The first-order valence-electron chi connectivity index (χ1n) is 7.90. The van der Waals surface area contributed by atoms with Gasteiger partial charge in [-0.2, -0.15) is 13.2 Å². The Morgan fingerprint density at radius 2 is 1.89 bits per heavy atom. The van der Waals surface area contributed by atoms with E-state index >= 15 is 0 Å². The van der Waals surface area contributed by atoms with Gasteiger partial charge in [-0.25, -0.2) is 18.1 Å². The van der Waals surface area contributed by atoms with E-state index in [9.17, 15) is 21.6 Å². The number of aromatic nitrogens is 2. The summed E-state index contributed by atoms with van der Waals surface area (Å²) in [5.74, 6) is 0. The molecule has 0 aliphatic heterocycles. The molecule has 3 rings (SSSR count). The summed E-state index contributed by atoms with van der Waals surface area (Å²) in [5.41, 5.74) is 0.227. The smallest absolute Gasteiger partial charge is 0.395 e. The summed E-state index contributed by atoms with van der Waals surface area (Å²) in [6, 6.07) is 7.62. The minimum atomic E-state index is -4.52. The van der Waals surface area contributed by atoms with Crippen LogP contribution in [0, 0.1) is 0 Å². The average molecular weight is 399 g/mol. The molecule has 1 aromatic carbocycles. The predicted molar refractivity (Wildman–Crippen MR) is 93.4 cm³/mol. The van der Waals surface area contributed by atoms with Crippen molar-refractivity contribution in [1.29, 1.82) is 0 Å². The highest BCUT2D eigenvalue weighted by Gasteiger charge is 2.33. The SMILES string of the molecule is C[C@H](CO)NS(=O)(=O)c1ccc(-c2ccnc3[nH]c(C(F)(F)F)cc23)cc1. The second kappa shape index (κ2) is 6.95. The maximum Gasteiger partial charge on any atom is 0.431 e. The van der Waals surface area contributed by atoms with Gasteiger partial charge in [0.1, 0.15) is 11.3 Å². The fourth-order valence-corrected chi connectivity index (χ4v) is 3.85. The number of benzene rings is 1. The Kier molecular flexibility index (Phi) is 4.98. The Hall–Kier alpha value is -2.43. The van der Waals surface area contributed by atoms with Gasteiger partial charge < -0.3 is 10.1 Å². The van der Waals surface area contributed by atoms with Gasteiger partial charge in [0.15, 0.2) is 0 Å². The summed E-state index contributed by atoms with van der Waals surface area (Å²) in [5, 5.41) is 9.27. The molecule has 3 N–H and O–H groups in total. The molecule has 0 radical (unpaired) electrons.